The number of carbonyl (C=O) groups excluding carboxylic acids is 2. The van der Waals surface area contributed by atoms with Crippen molar-refractivity contribution in [1.29, 1.82) is 0 Å². The number of hydrogen-bond donors (Lipinski definition) is 1. The number of aliphatic hydroxyl groups is 1. The topological polar surface area (TPSA) is 66.8 Å². The normalized spacial score (nSPS) is 22.9. The molecule has 2 amide bonds. The molecule has 1 fully saturated rings. The molecule has 0 bridgehead atoms. The van der Waals surface area contributed by atoms with Gasteiger partial charge in [0.15, 0.2) is 0 Å². The molecule has 1 aliphatic heterocycles. The molecule has 1 aliphatic rings. The molecule has 2 atom stereocenters. The molecule has 1 N–H and O–H groups in total. The maximum Gasteiger partial charge on any atom is 0.417 e. The van der Waals surface area contributed by atoms with Gasteiger partial charge in [-0.1, -0.05) is 34.6 Å². The minimum absolute atomic E-state index is 0.109. The van der Waals surface area contributed by atoms with Gasteiger partial charge in [-0.05, 0) is 11.3 Å². The quantitative estimate of drug-likeness (QED) is 0.796. The first-order valence-electron chi connectivity index (χ1n) is 5.84. The first-order chi connectivity index (χ1) is 7.66. The molecule has 5 heteroatoms. The third-order valence-corrected chi connectivity index (χ3v) is 2.97. The second-order valence-corrected chi connectivity index (χ2v) is 5.87. The van der Waals surface area contributed by atoms with Crippen LogP contribution in [-0.2, 0) is 9.53 Å². The first kappa shape index (κ1) is 14.0. The summed E-state index contributed by atoms with van der Waals surface area (Å²) in [7, 11) is 0. The van der Waals surface area contributed by atoms with E-state index in [0.717, 1.165) is 4.90 Å². The van der Waals surface area contributed by atoms with Crippen molar-refractivity contribution in [2.75, 3.05) is 6.61 Å². The Morgan fingerprint density at radius 2 is 2.00 bits per heavy atom. The summed E-state index contributed by atoms with van der Waals surface area (Å²) in [4.78, 5) is 24.7. The minimum atomic E-state index is -1.20. The number of carbonyl (C=O) groups is 2. The van der Waals surface area contributed by atoms with E-state index in [4.69, 9.17) is 4.74 Å². The Kier molecular flexibility index (Phi) is 3.81. The summed E-state index contributed by atoms with van der Waals surface area (Å²) in [5.74, 6) is -0.462. The summed E-state index contributed by atoms with van der Waals surface area (Å²) in [5.41, 5.74) is -0.596. The van der Waals surface area contributed by atoms with Gasteiger partial charge >= 0.3 is 6.09 Å². The van der Waals surface area contributed by atoms with E-state index in [1.54, 1.807) is 20.8 Å². The van der Waals surface area contributed by atoms with Crippen LogP contribution in [0.4, 0.5) is 4.79 Å². The van der Waals surface area contributed by atoms with E-state index in [1.807, 2.05) is 13.8 Å². The number of rotatable bonds is 2. The highest BCUT2D eigenvalue weighted by Gasteiger charge is 2.44. The maximum atomic E-state index is 12.1. The smallest absolute Gasteiger partial charge is 0.417 e. The fourth-order valence-electron chi connectivity index (χ4n) is 1.68. The Morgan fingerprint density at radius 1 is 1.47 bits per heavy atom. The summed E-state index contributed by atoms with van der Waals surface area (Å²) in [6, 6.07) is -0.285. The van der Waals surface area contributed by atoms with Gasteiger partial charge in [0.2, 0.25) is 0 Å². The van der Waals surface area contributed by atoms with E-state index < -0.39 is 23.5 Å². The van der Waals surface area contributed by atoms with Crippen molar-refractivity contribution in [3.8, 4) is 0 Å². The van der Waals surface area contributed by atoms with Crippen LogP contribution in [0.5, 0.6) is 0 Å². The lowest BCUT2D eigenvalue weighted by Crippen LogP contribution is -2.50. The van der Waals surface area contributed by atoms with Crippen LogP contribution in [0.3, 0.4) is 0 Å². The predicted molar refractivity (Wildman–Crippen MR) is 62.3 cm³/mol. The van der Waals surface area contributed by atoms with Crippen molar-refractivity contribution in [2.45, 2.75) is 46.8 Å². The largest absolute Gasteiger partial charge is 0.447 e. The van der Waals surface area contributed by atoms with Crippen LogP contribution < -0.4 is 0 Å². The van der Waals surface area contributed by atoms with Gasteiger partial charge in [0, 0.05) is 0 Å². The Balaban J connectivity index is 2.90. The SMILES string of the molecule is CC(C)[C@H]1COC(=O)N1C(=O)[C@H](O)C(C)(C)C. The number of amides is 2. The predicted octanol–water partition coefficient (Wildman–Crippen LogP) is 1.40. The van der Waals surface area contributed by atoms with Gasteiger partial charge < -0.3 is 9.84 Å². The molecule has 0 radical (unpaired) electrons. The second-order valence-electron chi connectivity index (χ2n) is 5.87. The van der Waals surface area contributed by atoms with Crippen molar-refractivity contribution < 1.29 is 19.4 Å². The number of aliphatic hydroxyl groups excluding tert-OH is 1. The van der Waals surface area contributed by atoms with E-state index in [1.165, 1.54) is 0 Å². The van der Waals surface area contributed by atoms with Gasteiger partial charge in [0.1, 0.15) is 12.7 Å². The third-order valence-electron chi connectivity index (χ3n) is 2.97. The van der Waals surface area contributed by atoms with E-state index >= 15 is 0 Å². The molecule has 0 aliphatic carbocycles. The zero-order valence-corrected chi connectivity index (χ0v) is 11.1. The van der Waals surface area contributed by atoms with Crippen LogP contribution in [0.2, 0.25) is 0 Å². The highest BCUT2D eigenvalue weighted by Crippen LogP contribution is 2.26. The molecule has 0 aromatic carbocycles. The summed E-state index contributed by atoms with van der Waals surface area (Å²) in [6.07, 6.45) is -1.86. The van der Waals surface area contributed by atoms with Crippen LogP contribution in [-0.4, -0.2) is 40.8 Å². The van der Waals surface area contributed by atoms with Gasteiger partial charge in [-0.25, -0.2) is 9.69 Å². The Morgan fingerprint density at radius 3 is 2.41 bits per heavy atom. The molecule has 0 aromatic rings. The van der Waals surface area contributed by atoms with Gasteiger partial charge in [-0.3, -0.25) is 4.79 Å². The molecule has 1 rings (SSSR count). The summed E-state index contributed by atoms with van der Waals surface area (Å²) in [6.45, 7) is 9.29. The number of cyclic esters (lactones) is 1. The van der Waals surface area contributed by atoms with Crippen LogP contribution in [0, 0.1) is 11.3 Å². The van der Waals surface area contributed by atoms with Gasteiger partial charge in [0.25, 0.3) is 5.91 Å². The molecule has 0 spiro atoms. The number of nitrogens with zero attached hydrogens (tertiary/aromatic N) is 1. The highest BCUT2D eigenvalue weighted by atomic mass is 16.6. The molecule has 17 heavy (non-hydrogen) atoms. The lowest BCUT2D eigenvalue weighted by atomic mass is 9.88. The molecule has 0 saturated carbocycles. The maximum absolute atomic E-state index is 12.1. The van der Waals surface area contributed by atoms with E-state index in [0.29, 0.717) is 0 Å². The number of ether oxygens (including phenoxy) is 1. The fourth-order valence-corrected chi connectivity index (χ4v) is 1.68. The van der Waals surface area contributed by atoms with Crippen molar-refractivity contribution >= 4 is 12.0 Å². The van der Waals surface area contributed by atoms with Crippen LogP contribution in [0.25, 0.3) is 0 Å². The lowest BCUT2D eigenvalue weighted by molar-refractivity contribution is -0.144. The molecular weight excluding hydrogens is 222 g/mol. The highest BCUT2D eigenvalue weighted by molar-refractivity contribution is 5.96. The van der Waals surface area contributed by atoms with Crippen LogP contribution in [0.15, 0.2) is 0 Å². The molecule has 1 heterocycles. The van der Waals surface area contributed by atoms with E-state index in [9.17, 15) is 14.7 Å². The fraction of sp³-hybridized carbons (Fsp3) is 0.833. The number of imide groups is 1. The monoisotopic (exact) mass is 243 g/mol. The zero-order chi connectivity index (χ0) is 13.4. The van der Waals surface area contributed by atoms with Crippen molar-refractivity contribution in [3.63, 3.8) is 0 Å². The van der Waals surface area contributed by atoms with Crippen molar-refractivity contribution in [1.82, 2.24) is 4.90 Å². The second kappa shape index (κ2) is 4.64. The van der Waals surface area contributed by atoms with Gasteiger partial charge in [-0.2, -0.15) is 0 Å². The zero-order valence-electron chi connectivity index (χ0n) is 11.1. The molecular formula is C12H21NO4. The Labute approximate surface area is 102 Å². The molecule has 1 saturated heterocycles. The average Bonchev–Trinajstić information content (AvgIpc) is 2.56. The standard InChI is InChI=1S/C12H21NO4/c1-7(2)8-6-17-11(16)13(8)10(15)9(14)12(3,4)5/h7-9,14H,6H2,1-5H3/t8-,9+/m1/s1. The van der Waals surface area contributed by atoms with Crippen LogP contribution in [0.1, 0.15) is 34.6 Å². The Bertz CT molecular complexity index is 319. The third kappa shape index (κ3) is 2.77. The summed E-state index contributed by atoms with van der Waals surface area (Å²) in [5, 5.41) is 9.93. The lowest BCUT2D eigenvalue weighted by Gasteiger charge is -2.30. The van der Waals surface area contributed by atoms with Gasteiger partial charge in [-0.15, -0.1) is 0 Å². The average molecular weight is 243 g/mol. The Hall–Kier alpha value is -1.10. The summed E-state index contributed by atoms with van der Waals surface area (Å²) < 4.78 is 4.88. The number of hydrogen-bond acceptors (Lipinski definition) is 4. The van der Waals surface area contributed by atoms with E-state index in [2.05, 4.69) is 0 Å². The van der Waals surface area contributed by atoms with Crippen molar-refractivity contribution in [3.05, 3.63) is 0 Å². The molecule has 98 valence electrons. The minimum Gasteiger partial charge on any atom is -0.447 e. The van der Waals surface area contributed by atoms with Crippen molar-refractivity contribution in [2.24, 2.45) is 11.3 Å². The molecule has 5 nitrogen and oxygen atoms in total. The summed E-state index contributed by atoms with van der Waals surface area (Å²) >= 11 is 0. The van der Waals surface area contributed by atoms with Crippen LogP contribution >= 0.6 is 0 Å². The first-order valence-corrected chi connectivity index (χ1v) is 5.84. The van der Waals surface area contributed by atoms with Gasteiger partial charge in [0.05, 0.1) is 6.04 Å². The molecule has 0 unspecified atom stereocenters. The molecule has 0 aromatic heterocycles. The van der Waals surface area contributed by atoms with E-state index in [-0.39, 0.29) is 18.6 Å².